The van der Waals surface area contributed by atoms with E-state index in [0.29, 0.717) is 13.1 Å². The topological polar surface area (TPSA) is 35.5 Å². The molecule has 17 heavy (non-hydrogen) atoms. The number of benzene rings is 1. The van der Waals surface area contributed by atoms with Gasteiger partial charge in [-0.15, -0.1) is 0 Å². The van der Waals surface area contributed by atoms with Crippen molar-refractivity contribution in [3.63, 3.8) is 0 Å². The summed E-state index contributed by atoms with van der Waals surface area (Å²) in [5, 5.41) is 13.2. The Bertz CT molecular complexity index is 395. The van der Waals surface area contributed by atoms with Crippen molar-refractivity contribution in [1.29, 1.82) is 0 Å². The molecule has 0 spiro atoms. The molecule has 0 aromatic heterocycles. The number of β-amino-alcohol motifs (C(OH)–C–C–N with tert-alkyl or cyclic N) is 1. The van der Waals surface area contributed by atoms with E-state index >= 15 is 0 Å². The van der Waals surface area contributed by atoms with E-state index in [4.69, 9.17) is 0 Å². The minimum absolute atomic E-state index is 0.00171. The van der Waals surface area contributed by atoms with Crippen molar-refractivity contribution in [2.24, 2.45) is 0 Å². The second-order valence-electron chi connectivity index (χ2n) is 5.19. The molecule has 0 saturated carbocycles. The Labute approximate surface area is 111 Å². The highest BCUT2D eigenvalue weighted by molar-refractivity contribution is 9.10. The molecule has 94 valence electrons. The third-order valence-electron chi connectivity index (χ3n) is 3.18. The van der Waals surface area contributed by atoms with Crippen LogP contribution in [0.2, 0.25) is 0 Å². The second-order valence-corrected chi connectivity index (χ2v) is 6.10. The lowest BCUT2D eigenvalue weighted by molar-refractivity contribution is 0.183. The average Bonchev–Trinajstić information content (AvgIpc) is 2.37. The fraction of sp³-hybridized carbons (Fsp3) is 0.538. The van der Waals surface area contributed by atoms with Gasteiger partial charge in [-0.3, -0.25) is 0 Å². The predicted octanol–water partition coefficient (Wildman–Crippen LogP) is 2.00. The number of anilines is 1. The van der Waals surface area contributed by atoms with Gasteiger partial charge in [-0.25, -0.2) is 0 Å². The van der Waals surface area contributed by atoms with Crippen LogP contribution < -0.4 is 10.2 Å². The standard InChI is InChI=1S/C13H19BrN2O/c1-13(2)9-15-7-12(17)8-16(13)11-5-3-4-10(14)6-11/h3-6,12,15,17H,7-9H2,1-2H3. The first-order chi connectivity index (χ1) is 7.99. The maximum absolute atomic E-state index is 9.91. The molecule has 1 aromatic carbocycles. The molecule has 1 heterocycles. The van der Waals surface area contributed by atoms with Gasteiger partial charge in [-0.1, -0.05) is 22.0 Å². The Hall–Kier alpha value is -0.580. The van der Waals surface area contributed by atoms with Crippen molar-refractivity contribution >= 4 is 21.6 Å². The van der Waals surface area contributed by atoms with E-state index in [1.165, 1.54) is 0 Å². The van der Waals surface area contributed by atoms with E-state index in [1.54, 1.807) is 0 Å². The van der Waals surface area contributed by atoms with Gasteiger partial charge < -0.3 is 15.3 Å². The van der Waals surface area contributed by atoms with Crippen molar-refractivity contribution in [2.45, 2.75) is 25.5 Å². The Morgan fingerprint density at radius 2 is 2.24 bits per heavy atom. The van der Waals surface area contributed by atoms with E-state index < -0.39 is 0 Å². The smallest absolute Gasteiger partial charge is 0.0839 e. The Morgan fingerprint density at radius 3 is 2.94 bits per heavy atom. The normalized spacial score (nSPS) is 24.5. The summed E-state index contributed by atoms with van der Waals surface area (Å²) in [7, 11) is 0. The van der Waals surface area contributed by atoms with Crippen LogP contribution in [0.1, 0.15) is 13.8 Å². The minimum atomic E-state index is -0.323. The van der Waals surface area contributed by atoms with Crippen molar-refractivity contribution in [3.8, 4) is 0 Å². The van der Waals surface area contributed by atoms with Crippen LogP contribution in [-0.4, -0.2) is 36.4 Å². The van der Waals surface area contributed by atoms with Gasteiger partial charge in [0.15, 0.2) is 0 Å². The zero-order chi connectivity index (χ0) is 12.5. The molecule has 1 unspecified atom stereocenters. The molecule has 2 rings (SSSR count). The largest absolute Gasteiger partial charge is 0.390 e. The Balaban J connectivity index is 2.32. The first-order valence-corrected chi connectivity index (χ1v) is 6.70. The quantitative estimate of drug-likeness (QED) is 0.832. The lowest BCUT2D eigenvalue weighted by atomic mass is 10.0. The summed E-state index contributed by atoms with van der Waals surface area (Å²) in [4.78, 5) is 2.27. The van der Waals surface area contributed by atoms with Crippen molar-refractivity contribution < 1.29 is 5.11 Å². The molecule has 1 aliphatic heterocycles. The molecule has 1 atom stereocenters. The highest BCUT2D eigenvalue weighted by Crippen LogP contribution is 2.27. The second kappa shape index (κ2) is 4.96. The van der Waals surface area contributed by atoms with E-state index in [2.05, 4.69) is 52.1 Å². The highest BCUT2D eigenvalue weighted by Gasteiger charge is 2.31. The van der Waals surface area contributed by atoms with Crippen LogP contribution in [0, 0.1) is 0 Å². The zero-order valence-corrected chi connectivity index (χ0v) is 11.9. The van der Waals surface area contributed by atoms with E-state index in [0.717, 1.165) is 16.7 Å². The van der Waals surface area contributed by atoms with E-state index in [-0.39, 0.29) is 11.6 Å². The van der Waals surface area contributed by atoms with Crippen LogP contribution in [0.4, 0.5) is 5.69 Å². The first kappa shape index (κ1) is 12.9. The molecular weight excluding hydrogens is 280 g/mol. The molecular formula is C13H19BrN2O. The van der Waals surface area contributed by atoms with Gasteiger partial charge in [0.25, 0.3) is 0 Å². The molecule has 0 amide bonds. The molecule has 1 aliphatic rings. The maximum Gasteiger partial charge on any atom is 0.0839 e. The van der Waals surface area contributed by atoms with Crippen LogP contribution in [0.5, 0.6) is 0 Å². The maximum atomic E-state index is 9.91. The number of halogens is 1. The molecule has 2 N–H and O–H groups in total. The Kier molecular flexibility index (Phi) is 3.76. The summed E-state index contributed by atoms with van der Waals surface area (Å²) in [5.41, 5.74) is 1.14. The lowest BCUT2D eigenvalue weighted by Gasteiger charge is -2.39. The third-order valence-corrected chi connectivity index (χ3v) is 3.67. The van der Waals surface area contributed by atoms with Gasteiger partial charge in [0.2, 0.25) is 0 Å². The number of nitrogens with one attached hydrogen (secondary N) is 1. The van der Waals surface area contributed by atoms with Gasteiger partial charge in [0, 0.05) is 35.3 Å². The summed E-state index contributed by atoms with van der Waals surface area (Å²) in [5.74, 6) is 0. The average molecular weight is 299 g/mol. The molecule has 4 heteroatoms. The number of aliphatic hydroxyl groups is 1. The van der Waals surface area contributed by atoms with Crippen LogP contribution in [0.15, 0.2) is 28.7 Å². The van der Waals surface area contributed by atoms with Gasteiger partial charge in [-0.05, 0) is 32.0 Å². The summed E-state index contributed by atoms with van der Waals surface area (Å²) in [6.45, 7) is 6.58. The van der Waals surface area contributed by atoms with Crippen LogP contribution >= 0.6 is 15.9 Å². The zero-order valence-electron chi connectivity index (χ0n) is 10.3. The Morgan fingerprint density at radius 1 is 1.47 bits per heavy atom. The monoisotopic (exact) mass is 298 g/mol. The fourth-order valence-corrected chi connectivity index (χ4v) is 2.65. The first-order valence-electron chi connectivity index (χ1n) is 5.91. The van der Waals surface area contributed by atoms with Crippen molar-refractivity contribution in [2.75, 3.05) is 24.5 Å². The summed E-state index contributed by atoms with van der Waals surface area (Å²) in [6, 6.07) is 8.23. The molecule has 0 bridgehead atoms. The van der Waals surface area contributed by atoms with Gasteiger partial charge in [0.1, 0.15) is 0 Å². The van der Waals surface area contributed by atoms with E-state index in [9.17, 15) is 5.11 Å². The van der Waals surface area contributed by atoms with Gasteiger partial charge in [-0.2, -0.15) is 0 Å². The number of hydrogen-bond donors (Lipinski definition) is 2. The molecule has 3 nitrogen and oxygen atoms in total. The number of rotatable bonds is 1. The summed E-state index contributed by atoms with van der Waals surface area (Å²) >= 11 is 3.50. The fourth-order valence-electron chi connectivity index (χ4n) is 2.26. The molecule has 1 aromatic rings. The predicted molar refractivity (Wildman–Crippen MR) is 74.4 cm³/mol. The van der Waals surface area contributed by atoms with Gasteiger partial charge >= 0.3 is 0 Å². The van der Waals surface area contributed by atoms with Crippen LogP contribution in [0.3, 0.4) is 0 Å². The van der Waals surface area contributed by atoms with Crippen LogP contribution in [-0.2, 0) is 0 Å². The molecule has 0 radical (unpaired) electrons. The summed E-state index contributed by atoms with van der Waals surface area (Å²) in [6.07, 6.45) is -0.323. The number of aliphatic hydroxyl groups excluding tert-OH is 1. The number of nitrogens with zero attached hydrogens (tertiary/aromatic N) is 1. The van der Waals surface area contributed by atoms with Crippen molar-refractivity contribution in [1.82, 2.24) is 5.32 Å². The lowest BCUT2D eigenvalue weighted by Crippen LogP contribution is -2.49. The third kappa shape index (κ3) is 3.00. The molecule has 1 fully saturated rings. The number of hydrogen-bond acceptors (Lipinski definition) is 3. The molecule has 0 aliphatic carbocycles. The summed E-state index contributed by atoms with van der Waals surface area (Å²) < 4.78 is 1.07. The SMILES string of the molecule is CC1(C)CNCC(O)CN1c1cccc(Br)c1. The molecule has 1 saturated heterocycles. The highest BCUT2D eigenvalue weighted by atomic mass is 79.9. The van der Waals surface area contributed by atoms with Crippen LogP contribution in [0.25, 0.3) is 0 Å². The van der Waals surface area contributed by atoms with Crippen molar-refractivity contribution in [3.05, 3.63) is 28.7 Å². The van der Waals surface area contributed by atoms with E-state index in [1.807, 2.05) is 12.1 Å². The minimum Gasteiger partial charge on any atom is -0.390 e. The van der Waals surface area contributed by atoms with Gasteiger partial charge in [0.05, 0.1) is 6.10 Å².